The maximum atomic E-state index is 12.6. The molecule has 0 bridgehead atoms. The average molecular weight is 427 g/mol. The molecule has 2 aromatic heterocycles. The first-order valence-corrected chi connectivity index (χ1v) is 9.83. The molecule has 1 N–H and O–H groups in total. The molecule has 158 valence electrons. The Morgan fingerprint density at radius 3 is 2.97 bits per heavy atom. The van der Waals surface area contributed by atoms with E-state index in [0.717, 1.165) is 58.9 Å². The summed E-state index contributed by atoms with van der Waals surface area (Å²) in [5.74, 6) is 1.67. The first-order chi connectivity index (χ1) is 14.0. The Balaban J connectivity index is 0.00000256. The highest BCUT2D eigenvalue weighted by Gasteiger charge is 2.15. The van der Waals surface area contributed by atoms with E-state index in [4.69, 9.17) is 4.42 Å². The van der Waals surface area contributed by atoms with Crippen LogP contribution in [0.25, 0.3) is 17.0 Å². The standard InChI is InChI=1S/C23H26N4O2.ClH/c1-16-19-6-4-5-7-20(19)29-21(16)15-27(3)22(28)9-8-17-12-18-14-26(2)11-10-24-23(18)25-13-17;/h4-9,12-13H,10-11,14-15H2,1-3H3,(H,24,25);1H. The van der Waals surface area contributed by atoms with Crippen LogP contribution in [0.1, 0.15) is 22.5 Å². The Labute approximate surface area is 183 Å². The number of para-hydroxylation sites is 1. The van der Waals surface area contributed by atoms with Gasteiger partial charge in [-0.2, -0.15) is 0 Å². The van der Waals surface area contributed by atoms with Crippen LogP contribution in [-0.4, -0.2) is 47.9 Å². The molecule has 6 nitrogen and oxygen atoms in total. The normalized spacial score (nSPS) is 14.1. The van der Waals surface area contributed by atoms with Crippen LogP contribution >= 0.6 is 12.4 Å². The van der Waals surface area contributed by atoms with Crippen LogP contribution in [0.5, 0.6) is 0 Å². The van der Waals surface area contributed by atoms with E-state index in [9.17, 15) is 4.79 Å². The zero-order valence-corrected chi connectivity index (χ0v) is 18.3. The minimum Gasteiger partial charge on any atom is -0.459 e. The minimum atomic E-state index is -0.0740. The second-order valence-electron chi connectivity index (χ2n) is 7.61. The molecule has 3 heterocycles. The van der Waals surface area contributed by atoms with E-state index in [2.05, 4.69) is 28.3 Å². The van der Waals surface area contributed by atoms with Gasteiger partial charge in [0.15, 0.2) is 0 Å². The second kappa shape index (κ2) is 9.32. The van der Waals surface area contributed by atoms with Crippen LogP contribution in [0.3, 0.4) is 0 Å². The Kier molecular flexibility index (Phi) is 6.80. The summed E-state index contributed by atoms with van der Waals surface area (Å²) in [7, 11) is 3.88. The summed E-state index contributed by atoms with van der Waals surface area (Å²) < 4.78 is 5.93. The van der Waals surface area contributed by atoms with Gasteiger partial charge in [-0.3, -0.25) is 4.79 Å². The number of rotatable bonds is 4. The summed E-state index contributed by atoms with van der Waals surface area (Å²) in [4.78, 5) is 21.0. The number of amides is 1. The van der Waals surface area contributed by atoms with Crippen LogP contribution in [0.15, 0.2) is 47.0 Å². The lowest BCUT2D eigenvalue weighted by atomic mass is 10.1. The van der Waals surface area contributed by atoms with Crippen molar-refractivity contribution < 1.29 is 9.21 Å². The molecule has 0 radical (unpaired) electrons. The number of anilines is 1. The van der Waals surface area contributed by atoms with E-state index >= 15 is 0 Å². The average Bonchev–Trinajstić information content (AvgIpc) is 2.90. The number of carbonyl (C=O) groups excluding carboxylic acids is 1. The highest BCUT2D eigenvalue weighted by atomic mass is 35.5. The number of likely N-dealkylation sites (N-methyl/N-ethyl adjacent to an activating group) is 2. The summed E-state index contributed by atoms with van der Waals surface area (Å²) in [6.45, 7) is 5.17. The quantitative estimate of drug-likeness (QED) is 0.637. The van der Waals surface area contributed by atoms with E-state index in [1.54, 1.807) is 24.2 Å². The predicted octanol–water partition coefficient (Wildman–Crippen LogP) is 4.09. The molecule has 4 rings (SSSR count). The van der Waals surface area contributed by atoms with Gasteiger partial charge in [-0.25, -0.2) is 4.98 Å². The summed E-state index contributed by atoms with van der Waals surface area (Å²) in [5.41, 5.74) is 4.00. The number of aryl methyl sites for hydroxylation is 1. The maximum Gasteiger partial charge on any atom is 0.246 e. The number of halogens is 1. The molecular formula is C23H27ClN4O2. The van der Waals surface area contributed by atoms with Gasteiger partial charge in [0.1, 0.15) is 17.2 Å². The Bertz CT molecular complexity index is 1080. The lowest BCUT2D eigenvalue weighted by Gasteiger charge is -2.14. The number of hydrogen-bond acceptors (Lipinski definition) is 5. The number of carbonyl (C=O) groups is 1. The molecule has 1 aliphatic rings. The summed E-state index contributed by atoms with van der Waals surface area (Å²) in [6.07, 6.45) is 5.21. The van der Waals surface area contributed by atoms with Gasteiger partial charge in [-0.15, -0.1) is 12.4 Å². The van der Waals surface area contributed by atoms with Crippen LogP contribution in [0, 0.1) is 6.92 Å². The number of hydrogen-bond donors (Lipinski definition) is 1. The number of aromatic nitrogens is 1. The van der Waals surface area contributed by atoms with Crippen LogP contribution < -0.4 is 5.32 Å². The van der Waals surface area contributed by atoms with Gasteiger partial charge in [-0.1, -0.05) is 18.2 Å². The third-order valence-corrected chi connectivity index (χ3v) is 5.33. The van der Waals surface area contributed by atoms with Crippen LogP contribution in [0.4, 0.5) is 5.82 Å². The first-order valence-electron chi connectivity index (χ1n) is 9.83. The van der Waals surface area contributed by atoms with Gasteiger partial charge in [0.25, 0.3) is 0 Å². The molecule has 30 heavy (non-hydrogen) atoms. The molecule has 0 fully saturated rings. The smallest absolute Gasteiger partial charge is 0.246 e. The molecule has 1 amide bonds. The molecule has 0 aliphatic carbocycles. The van der Waals surface area contributed by atoms with E-state index in [0.29, 0.717) is 6.54 Å². The van der Waals surface area contributed by atoms with Gasteiger partial charge < -0.3 is 19.5 Å². The lowest BCUT2D eigenvalue weighted by Crippen LogP contribution is -2.24. The monoisotopic (exact) mass is 426 g/mol. The van der Waals surface area contributed by atoms with Crippen molar-refractivity contribution >= 4 is 41.2 Å². The van der Waals surface area contributed by atoms with Gasteiger partial charge in [0.2, 0.25) is 5.91 Å². The molecule has 0 saturated heterocycles. The Hall–Kier alpha value is -2.83. The predicted molar refractivity (Wildman–Crippen MR) is 123 cm³/mol. The van der Waals surface area contributed by atoms with Crippen molar-refractivity contribution in [2.75, 3.05) is 32.5 Å². The fourth-order valence-corrected chi connectivity index (χ4v) is 3.60. The number of pyridine rings is 1. The van der Waals surface area contributed by atoms with Gasteiger partial charge in [0.05, 0.1) is 6.54 Å². The van der Waals surface area contributed by atoms with Crippen molar-refractivity contribution in [1.29, 1.82) is 0 Å². The third kappa shape index (κ3) is 4.66. The van der Waals surface area contributed by atoms with Crippen molar-refractivity contribution in [3.63, 3.8) is 0 Å². The van der Waals surface area contributed by atoms with Crippen molar-refractivity contribution in [2.24, 2.45) is 0 Å². The molecule has 7 heteroatoms. The second-order valence-corrected chi connectivity index (χ2v) is 7.61. The van der Waals surface area contributed by atoms with Crippen molar-refractivity contribution in [3.05, 3.63) is 65.1 Å². The zero-order chi connectivity index (χ0) is 20.4. The highest BCUT2D eigenvalue weighted by molar-refractivity contribution is 5.91. The van der Waals surface area contributed by atoms with Gasteiger partial charge in [0, 0.05) is 55.5 Å². The molecule has 1 aliphatic heterocycles. The Morgan fingerprint density at radius 2 is 2.17 bits per heavy atom. The third-order valence-electron chi connectivity index (χ3n) is 5.33. The van der Waals surface area contributed by atoms with E-state index < -0.39 is 0 Å². The molecule has 0 unspecified atom stereocenters. The topological polar surface area (TPSA) is 61.6 Å². The maximum absolute atomic E-state index is 12.6. The van der Waals surface area contributed by atoms with Gasteiger partial charge >= 0.3 is 0 Å². The fraction of sp³-hybridized carbons (Fsp3) is 0.304. The van der Waals surface area contributed by atoms with Crippen molar-refractivity contribution in [1.82, 2.24) is 14.8 Å². The lowest BCUT2D eigenvalue weighted by molar-refractivity contribution is -0.125. The molecule has 0 saturated carbocycles. The van der Waals surface area contributed by atoms with Crippen LogP contribution in [0.2, 0.25) is 0 Å². The van der Waals surface area contributed by atoms with Crippen molar-refractivity contribution in [2.45, 2.75) is 20.0 Å². The summed E-state index contributed by atoms with van der Waals surface area (Å²) >= 11 is 0. The fourth-order valence-electron chi connectivity index (χ4n) is 3.60. The minimum absolute atomic E-state index is 0. The summed E-state index contributed by atoms with van der Waals surface area (Å²) in [6, 6.07) is 10.0. The molecule has 0 atom stereocenters. The molecular weight excluding hydrogens is 400 g/mol. The SMILES string of the molecule is Cc1c(CN(C)C(=O)C=Cc2cnc3c(c2)CN(C)CCN3)oc2ccccc12.Cl. The van der Waals surface area contributed by atoms with Gasteiger partial charge in [-0.05, 0) is 37.7 Å². The number of benzene rings is 1. The number of nitrogens with zero attached hydrogens (tertiary/aromatic N) is 3. The first kappa shape index (κ1) is 21.9. The van der Waals surface area contributed by atoms with E-state index in [1.165, 1.54) is 0 Å². The zero-order valence-electron chi connectivity index (χ0n) is 17.5. The number of furan rings is 1. The number of nitrogens with one attached hydrogen (secondary N) is 1. The number of fused-ring (bicyclic) bond motifs is 2. The molecule has 0 spiro atoms. The Morgan fingerprint density at radius 1 is 1.37 bits per heavy atom. The highest BCUT2D eigenvalue weighted by Crippen LogP contribution is 2.26. The van der Waals surface area contributed by atoms with E-state index in [-0.39, 0.29) is 18.3 Å². The van der Waals surface area contributed by atoms with Crippen molar-refractivity contribution in [3.8, 4) is 0 Å². The summed E-state index contributed by atoms with van der Waals surface area (Å²) in [5, 5.41) is 4.44. The largest absolute Gasteiger partial charge is 0.459 e. The van der Waals surface area contributed by atoms with Crippen LogP contribution in [-0.2, 0) is 17.9 Å². The van der Waals surface area contributed by atoms with E-state index in [1.807, 2.05) is 37.3 Å². The molecule has 3 aromatic rings. The molecule has 1 aromatic carbocycles.